The summed E-state index contributed by atoms with van der Waals surface area (Å²) in [5, 5.41) is 7.99. The molecule has 2 saturated heterocycles. The van der Waals surface area contributed by atoms with E-state index in [1.807, 2.05) is 0 Å². The Bertz CT molecular complexity index is 563. The van der Waals surface area contributed by atoms with Gasteiger partial charge in [-0.3, -0.25) is 4.79 Å². The summed E-state index contributed by atoms with van der Waals surface area (Å²) in [4.78, 5) is 16.2. The van der Waals surface area contributed by atoms with Crippen molar-refractivity contribution in [2.24, 2.45) is 17.2 Å². The maximum Gasteiger partial charge on any atom is 0.271 e. The number of nitrogens with zero attached hydrogens (tertiary/aromatic N) is 4. The zero-order valence-electron chi connectivity index (χ0n) is 13.3. The largest absolute Gasteiger partial charge is 0.368 e. The number of carbonyl (C=O) groups excluding carboxylic acids is 1. The second kappa shape index (κ2) is 6.67. The Labute approximate surface area is 136 Å². The highest BCUT2D eigenvalue weighted by molar-refractivity contribution is 5.99. The van der Waals surface area contributed by atoms with Gasteiger partial charge in [0, 0.05) is 38.3 Å². The summed E-state index contributed by atoms with van der Waals surface area (Å²) in [5.74, 6) is -0.544. The minimum Gasteiger partial charge on any atom is -0.368 e. The Kier molecular flexibility index (Phi) is 4.63. The fraction of sp³-hybridized carbons (Fsp3) is 0.667. The second-order valence-corrected chi connectivity index (χ2v) is 6.44. The number of anilines is 2. The van der Waals surface area contributed by atoms with Crippen LogP contribution in [-0.2, 0) is 0 Å². The van der Waals surface area contributed by atoms with Crippen molar-refractivity contribution in [3.8, 4) is 0 Å². The van der Waals surface area contributed by atoms with Gasteiger partial charge in [-0.1, -0.05) is 0 Å². The third-order valence-electron chi connectivity index (χ3n) is 4.77. The summed E-state index contributed by atoms with van der Waals surface area (Å²) in [6.07, 6.45) is 5.37. The van der Waals surface area contributed by atoms with Crippen molar-refractivity contribution in [3.05, 3.63) is 11.9 Å². The molecular formula is C15H25N7O. The molecule has 0 unspecified atom stereocenters. The van der Waals surface area contributed by atoms with Crippen LogP contribution in [0.2, 0.25) is 0 Å². The summed E-state index contributed by atoms with van der Waals surface area (Å²) < 4.78 is 0. The minimum atomic E-state index is -0.544. The summed E-state index contributed by atoms with van der Waals surface area (Å²) in [7, 11) is 0. The van der Waals surface area contributed by atoms with Crippen molar-refractivity contribution in [2.75, 3.05) is 36.0 Å². The number of piperidine rings is 2. The van der Waals surface area contributed by atoms with Gasteiger partial charge in [0.2, 0.25) is 0 Å². The molecule has 0 aliphatic carbocycles. The minimum absolute atomic E-state index is 0.217. The number of amides is 1. The molecule has 1 aromatic heterocycles. The Morgan fingerprint density at radius 2 is 1.52 bits per heavy atom. The molecule has 23 heavy (non-hydrogen) atoms. The highest BCUT2D eigenvalue weighted by Crippen LogP contribution is 2.34. The van der Waals surface area contributed by atoms with Crippen LogP contribution in [0.15, 0.2) is 6.20 Å². The maximum atomic E-state index is 11.8. The molecule has 1 aromatic rings. The first-order valence-corrected chi connectivity index (χ1v) is 8.23. The average molecular weight is 319 g/mol. The van der Waals surface area contributed by atoms with E-state index in [4.69, 9.17) is 17.2 Å². The lowest BCUT2D eigenvalue weighted by Crippen LogP contribution is -2.43. The van der Waals surface area contributed by atoms with Gasteiger partial charge in [-0.05, 0) is 25.7 Å². The highest BCUT2D eigenvalue weighted by Gasteiger charge is 2.28. The van der Waals surface area contributed by atoms with Gasteiger partial charge in [-0.15, -0.1) is 5.10 Å². The van der Waals surface area contributed by atoms with E-state index in [2.05, 4.69) is 20.0 Å². The molecule has 2 fully saturated rings. The number of carbonyl (C=O) groups is 1. The summed E-state index contributed by atoms with van der Waals surface area (Å²) in [5.41, 5.74) is 19.5. The molecule has 2 aliphatic heterocycles. The molecule has 6 N–H and O–H groups in total. The van der Waals surface area contributed by atoms with Gasteiger partial charge < -0.3 is 27.0 Å². The lowest BCUT2D eigenvalue weighted by atomic mass is 10.0. The van der Waals surface area contributed by atoms with Gasteiger partial charge >= 0.3 is 0 Å². The number of aromatic nitrogens is 2. The van der Waals surface area contributed by atoms with Crippen molar-refractivity contribution >= 4 is 17.3 Å². The van der Waals surface area contributed by atoms with Gasteiger partial charge in [0.15, 0.2) is 5.69 Å². The predicted molar refractivity (Wildman–Crippen MR) is 89.4 cm³/mol. The van der Waals surface area contributed by atoms with E-state index in [1.165, 1.54) is 0 Å². The molecule has 8 heteroatoms. The number of primary amides is 1. The number of hydrogen-bond donors (Lipinski definition) is 3. The summed E-state index contributed by atoms with van der Waals surface area (Å²) >= 11 is 0. The molecule has 0 spiro atoms. The van der Waals surface area contributed by atoms with Crippen LogP contribution in [-0.4, -0.2) is 54.4 Å². The molecule has 0 aromatic carbocycles. The van der Waals surface area contributed by atoms with Crippen LogP contribution in [0.1, 0.15) is 36.2 Å². The Hall–Kier alpha value is -1.93. The van der Waals surface area contributed by atoms with Crippen LogP contribution in [0.4, 0.5) is 11.4 Å². The standard InChI is InChI=1S/C15H25N7O/c16-10-1-5-21(6-2-10)12-9-19-20-13(15(18)23)14(12)22-7-3-11(17)4-8-22/h9-11H,1-8,16-17H2,(H2,18,23). The van der Waals surface area contributed by atoms with Crippen molar-refractivity contribution < 1.29 is 4.79 Å². The SMILES string of the molecule is NC(=O)c1nncc(N2CCC(N)CC2)c1N1CCC(N)CC1. The van der Waals surface area contributed by atoms with Crippen molar-refractivity contribution in [2.45, 2.75) is 37.8 Å². The lowest BCUT2D eigenvalue weighted by Gasteiger charge is -2.38. The van der Waals surface area contributed by atoms with E-state index in [0.29, 0.717) is 0 Å². The first kappa shape index (κ1) is 15.9. The maximum absolute atomic E-state index is 11.8. The molecule has 2 aliphatic rings. The third-order valence-corrected chi connectivity index (χ3v) is 4.77. The monoisotopic (exact) mass is 319 g/mol. The van der Waals surface area contributed by atoms with Gasteiger partial charge in [0.1, 0.15) is 0 Å². The highest BCUT2D eigenvalue weighted by atomic mass is 16.1. The van der Waals surface area contributed by atoms with Gasteiger partial charge in [0.25, 0.3) is 5.91 Å². The molecule has 1 amide bonds. The first-order chi connectivity index (χ1) is 11.1. The van der Waals surface area contributed by atoms with Gasteiger partial charge in [-0.25, -0.2) is 0 Å². The zero-order valence-corrected chi connectivity index (χ0v) is 13.3. The van der Waals surface area contributed by atoms with Crippen LogP contribution < -0.4 is 27.0 Å². The summed E-state index contributed by atoms with van der Waals surface area (Å²) in [6.45, 7) is 3.30. The molecule has 8 nitrogen and oxygen atoms in total. The average Bonchev–Trinajstić information content (AvgIpc) is 2.55. The van der Waals surface area contributed by atoms with Crippen LogP contribution in [0.5, 0.6) is 0 Å². The predicted octanol–water partition coefficient (Wildman–Crippen LogP) is -0.569. The number of rotatable bonds is 3. The van der Waals surface area contributed by atoms with Crippen LogP contribution >= 0.6 is 0 Å². The Morgan fingerprint density at radius 1 is 1.00 bits per heavy atom. The van der Waals surface area contributed by atoms with E-state index in [1.54, 1.807) is 6.20 Å². The zero-order chi connectivity index (χ0) is 16.4. The van der Waals surface area contributed by atoms with Crippen molar-refractivity contribution in [3.63, 3.8) is 0 Å². The van der Waals surface area contributed by atoms with Gasteiger partial charge in [0.05, 0.1) is 17.6 Å². The topological polar surface area (TPSA) is 127 Å². The molecule has 0 atom stereocenters. The van der Waals surface area contributed by atoms with E-state index < -0.39 is 5.91 Å². The number of hydrogen-bond acceptors (Lipinski definition) is 7. The molecule has 0 bridgehead atoms. The second-order valence-electron chi connectivity index (χ2n) is 6.44. The normalized spacial score (nSPS) is 20.8. The van der Waals surface area contributed by atoms with Gasteiger partial charge in [-0.2, -0.15) is 5.10 Å². The van der Waals surface area contributed by atoms with E-state index in [9.17, 15) is 4.79 Å². The molecule has 3 rings (SSSR count). The molecule has 0 radical (unpaired) electrons. The van der Waals surface area contributed by atoms with Crippen molar-refractivity contribution in [1.29, 1.82) is 0 Å². The molecule has 3 heterocycles. The van der Waals surface area contributed by atoms with Crippen molar-refractivity contribution in [1.82, 2.24) is 10.2 Å². The smallest absolute Gasteiger partial charge is 0.271 e. The number of nitrogens with two attached hydrogens (primary N) is 3. The third kappa shape index (κ3) is 3.37. The summed E-state index contributed by atoms with van der Waals surface area (Å²) in [6, 6.07) is 0.461. The van der Waals surface area contributed by atoms with Crippen LogP contribution in [0, 0.1) is 0 Å². The van der Waals surface area contributed by atoms with E-state index in [-0.39, 0.29) is 17.8 Å². The fourth-order valence-corrected chi connectivity index (χ4v) is 3.34. The Morgan fingerprint density at radius 3 is 2.04 bits per heavy atom. The van der Waals surface area contributed by atoms with Crippen LogP contribution in [0.25, 0.3) is 0 Å². The first-order valence-electron chi connectivity index (χ1n) is 8.23. The Balaban J connectivity index is 1.95. The van der Waals surface area contributed by atoms with Crippen LogP contribution in [0.3, 0.4) is 0 Å². The molecule has 0 saturated carbocycles. The molecule has 126 valence electrons. The van der Waals surface area contributed by atoms with E-state index in [0.717, 1.165) is 63.2 Å². The van der Waals surface area contributed by atoms with E-state index >= 15 is 0 Å². The molecular weight excluding hydrogens is 294 g/mol. The quantitative estimate of drug-likeness (QED) is 0.680. The fourth-order valence-electron chi connectivity index (χ4n) is 3.34. The lowest BCUT2D eigenvalue weighted by molar-refractivity contribution is 0.0995.